The van der Waals surface area contributed by atoms with Crippen LogP contribution in [0.1, 0.15) is 84.1 Å². The Morgan fingerprint density at radius 1 is 1.03 bits per heavy atom. The van der Waals surface area contributed by atoms with E-state index >= 15 is 0 Å². The Labute approximate surface area is 210 Å². The molecule has 4 fully saturated rings. The van der Waals surface area contributed by atoms with Crippen molar-refractivity contribution in [1.82, 2.24) is 4.83 Å². The van der Waals surface area contributed by atoms with E-state index in [1.807, 2.05) is 19.1 Å². The number of benzene rings is 1. The van der Waals surface area contributed by atoms with Gasteiger partial charge in [0.05, 0.1) is 4.90 Å². The highest BCUT2D eigenvalue weighted by Gasteiger charge is 2.59. The number of hydrazone groups is 1. The normalized spacial score (nSPS) is 39.9. The number of nitrogens with zero attached hydrogens (tertiary/aromatic N) is 1. The van der Waals surface area contributed by atoms with Crippen molar-refractivity contribution in [2.45, 2.75) is 96.5 Å². The Bertz CT molecular complexity index is 1110. The molecule has 1 aromatic carbocycles. The number of ether oxygens (including phenoxy) is 1. The number of sulfonamides is 1. The van der Waals surface area contributed by atoms with E-state index in [1.54, 1.807) is 12.1 Å². The van der Waals surface area contributed by atoms with Gasteiger partial charge in [0.25, 0.3) is 10.0 Å². The molecule has 0 saturated heterocycles. The summed E-state index contributed by atoms with van der Waals surface area (Å²) in [5, 5.41) is 4.55. The number of fused-ring (bicyclic) bond motifs is 5. The highest BCUT2D eigenvalue weighted by atomic mass is 32.2. The van der Waals surface area contributed by atoms with Crippen molar-refractivity contribution in [1.29, 1.82) is 0 Å². The highest BCUT2D eigenvalue weighted by Crippen LogP contribution is 2.65. The third-order valence-electron chi connectivity index (χ3n) is 10.3. The molecule has 6 nitrogen and oxygen atoms in total. The van der Waals surface area contributed by atoms with Crippen LogP contribution in [0.4, 0.5) is 0 Å². The van der Waals surface area contributed by atoms with E-state index in [4.69, 9.17) is 4.74 Å². The van der Waals surface area contributed by atoms with E-state index in [0.717, 1.165) is 49.8 Å². The Balaban J connectivity index is 1.31. The van der Waals surface area contributed by atoms with Gasteiger partial charge in [0, 0.05) is 18.1 Å². The zero-order chi connectivity index (χ0) is 25.0. The molecule has 4 saturated carbocycles. The number of carbonyl (C=O) groups is 1. The first-order valence-electron chi connectivity index (χ1n) is 13.4. The Kier molecular flexibility index (Phi) is 6.30. The monoisotopic (exact) mass is 500 g/mol. The van der Waals surface area contributed by atoms with Gasteiger partial charge in [-0.15, -0.1) is 0 Å². The number of esters is 1. The number of carbonyl (C=O) groups excluding carboxylic acids is 1. The maximum absolute atomic E-state index is 12.8. The van der Waals surface area contributed by atoms with Crippen molar-refractivity contribution in [3.05, 3.63) is 29.8 Å². The lowest BCUT2D eigenvalue weighted by molar-refractivity contribution is -0.158. The van der Waals surface area contributed by atoms with Crippen molar-refractivity contribution < 1.29 is 17.9 Å². The summed E-state index contributed by atoms with van der Waals surface area (Å²) in [5.74, 6) is 2.40. The summed E-state index contributed by atoms with van der Waals surface area (Å²) in [5.41, 5.74) is 2.34. The number of rotatable bonds is 4. The molecule has 192 valence electrons. The molecule has 0 bridgehead atoms. The lowest BCUT2D eigenvalue weighted by atomic mass is 9.45. The predicted molar refractivity (Wildman–Crippen MR) is 136 cm³/mol. The van der Waals surface area contributed by atoms with Gasteiger partial charge in [0.1, 0.15) is 6.10 Å². The van der Waals surface area contributed by atoms with Crippen LogP contribution in [0.5, 0.6) is 0 Å². The molecule has 7 atom stereocenters. The van der Waals surface area contributed by atoms with Crippen molar-refractivity contribution in [2.24, 2.45) is 39.6 Å². The number of hydrogen-bond donors (Lipinski definition) is 1. The van der Waals surface area contributed by atoms with Crippen LogP contribution in [-0.2, 0) is 19.6 Å². The number of aryl methyl sites for hydroxylation is 1. The molecule has 7 heteroatoms. The molecular weight excluding hydrogens is 460 g/mol. The number of hydrogen-bond acceptors (Lipinski definition) is 5. The fraction of sp³-hybridized carbons (Fsp3) is 0.714. The molecule has 1 N–H and O–H groups in total. The van der Waals surface area contributed by atoms with Gasteiger partial charge >= 0.3 is 5.97 Å². The third-order valence-corrected chi connectivity index (χ3v) is 11.5. The fourth-order valence-corrected chi connectivity index (χ4v) is 9.25. The predicted octanol–water partition coefficient (Wildman–Crippen LogP) is 5.60. The Hall–Kier alpha value is -1.89. The summed E-state index contributed by atoms with van der Waals surface area (Å²) in [7, 11) is -3.67. The zero-order valence-electron chi connectivity index (χ0n) is 21.5. The van der Waals surface area contributed by atoms with Crippen molar-refractivity contribution in [2.75, 3.05) is 0 Å². The minimum absolute atomic E-state index is 0.0326. The van der Waals surface area contributed by atoms with Crippen LogP contribution in [0.15, 0.2) is 34.3 Å². The maximum atomic E-state index is 12.8. The Morgan fingerprint density at radius 3 is 2.49 bits per heavy atom. The standard InChI is InChI=1S/C28H40N2O4S/c1-18-5-8-22(9-6-18)35(32,33)30-29-26-12-11-24-23-10-7-20-17-21(34-19(2)31)13-15-27(20,3)25(23)14-16-28(24,26)4/h5-6,8-9,20-21,23-25,30H,7,10-17H2,1-4H3/b29-26-/t20-,21+,23+,24+,25+,27-,28-/m0/s1. The first kappa shape index (κ1) is 24.8. The van der Waals surface area contributed by atoms with Gasteiger partial charge in [-0.05, 0) is 106 Å². The summed E-state index contributed by atoms with van der Waals surface area (Å²) in [6.45, 7) is 8.29. The molecule has 0 unspecified atom stereocenters. The Morgan fingerprint density at radius 2 is 1.77 bits per heavy atom. The quantitative estimate of drug-likeness (QED) is 0.431. The second-order valence-electron chi connectivity index (χ2n) is 12.1. The summed E-state index contributed by atoms with van der Waals surface area (Å²) in [6.07, 6.45) is 9.84. The molecule has 0 heterocycles. The van der Waals surface area contributed by atoms with Gasteiger partial charge in [0.2, 0.25) is 0 Å². The molecule has 5 rings (SSSR count). The van der Waals surface area contributed by atoms with Crippen LogP contribution in [-0.4, -0.2) is 26.2 Å². The molecule has 0 amide bonds. The van der Waals surface area contributed by atoms with Crippen molar-refractivity contribution in [3.8, 4) is 0 Å². The highest BCUT2D eigenvalue weighted by molar-refractivity contribution is 7.89. The van der Waals surface area contributed by atoms with E-state index in [-0.39, 0.29) is 22.4 Å². The summed E-state index contributed by atoms with van der Waals surface area (Å²) < 4.78 is 31.3. The van der Waals surface area contributed by atoms with Gasteiger partial charge in [0.15, 0.2) is 0 Å². The van der Waals surface area contributed by atoms with Gasteiger partial charge in [-0.3, -0.25) is 4.79 Å². The zero-order valence-corrected chi connectivity index (χ0v) is 22.4. The van der Waals surface area contributed by atoms with Gasteiger partial charge in [-0.1, -0.05) is 31.5 Å². The van der Waals surface area contributed by atoms with E-state index < -0.39 is 10.0 Å². The van der Waals surface area contributed by atoms with Crippen molar-refractivity contribution in [3.63, 3.8) is 0 Å². The topological polar surface area (TPSA) is 84.8 Å². The average Bonchev–Trinajstić information content (AvgIpc) is 3.14. The minimum Gasteiger partial charge on any atom is -0.463 e. The SMILES string of the molecule is CC(=O)O[C@@H]1CC[C@@]2(C)[C@@H](CC[C@H]3[C@H]2CC[C@]2(C)/C(=N\NS(=O)(=O)c4ccc(C)cc4)CC[C@H]32)C1. The molecule has 4 aliphatic rings. The molecule has 1 aromatic rings. The van der Waals surface area contributed by atoms with Crippen LogP contribution in [0, 0.1) is 41.4 Å². The molecule has 4 aliphatic carbocycles. The lowest BCUT2D eigenvalue weighted by Gasteiger charge is -2.60. The van der Waals surface area contributed by atoms with E-state index in [0.29, 0.717) is 29.1 Å². The van der Waals surface area contributed by atoms with Crippen LogP contribution in [0.2, 0.25) is 0 Å². The fourth-order valence-electron chi connectivity index (χ4n) is 8.42. The van der Waals surface area contributed by atoms with Crippen LogP contribution in [0.25, 0.3) is 0 Å². The molecule has 0 radical (unpaired) electrons. The van der Waals surface area contributed by atoms with Crippen LogP contribution >= 0.6 is 0 Å². The molecule has 0 aliphatic heterocycles. The minimum atomic E-state index is -3.67. The summed E-state index contributed by atoms with van der Waals surface area (Å²) in [6, 6.07) is 6.90. The molecule has 0 spiro atoms. The van der Waals surface area contributed by atoms with E-state index in [9.17, 15) is 13.2 Å². The molecule has 0 aromatic heterocycles. The van der Waals surface area contributed by atoms with Gasteiger partial charge < -0.3 is 4.74 Å². The average molecular weight is 501 g/mol. The second-order valence-corrected chi connectivity index (χ2v) is 13.8. The molecule has 35 heavy (non-hydrogen) atoms. The first-order chi connectivity index (χ1) is 16.5. The summed E-state index contributed by atoms with van der Waals surface area (Å²) >= 11 is 0. The van der Waals surface area contributed by atoms with Crippen molar-refractivity contribution >= 4 is 21.7 Å². The first-order valence-corrected chi connectivity index (χ1v) is 14.8. The van der Waals surface area contributed by atoms with Gasteiger partial charge in [-0.25, -0.2) is 4.83 Å². The third kappa shape index (κ3) is 4.32. The van der Waals surface area contributed by atoms with Crippen LogP contribution < -0.4 is 4.83 Å². The molecular formula is C28H40N2O4S. The van der Waals surface area contributed by atoms with E-state index in [2.05, 4.69) is 23.8 Å². The van der Waals surface area contributed by atoms with Gasteiger partial charge in [-0.2, -0.15) is 13.5 Å². The maximum Gasteiger partial charge on any atom is 0.302 e. The second kappa shape index (κ2) is 8.89. The van der Waals surface area contributed by atoms with Crippen LogP contribution in [0.3, 0.4) is 0 Å². The largest absolute Gasteiger partial charge is 0.463 e. The lowest BCUT2D eigenvalue weighted by Crippen LogP contribution is -2.54. The smallest absolute Gasteiger partial charge is 0.302 e. The number of nitrogens with one attached hydrogen (secondary N) is 1. The summed E-state index contributed by atoms with van der Waals surface area (Å²) in [4.78, 5) is 14.3. The van der Waals surface area contributed by atoms with E-state index in [1.165, 1.54) is 26.2 Å².